The minimum absolute atomic E-state index is 0.328. The zero-order chi connectivity index (χ0) is 14.8. The molecule has 1 saturated heterocycles. The molecule has 0 aromatic rings. The van der Waals surface area contributed by atoms with Crippen LogP contribution in [-0.2, 0) is 4.43 Å². The summed E-state index contributed by atoms with van der Waals surface area (Å²) in [4.78, 5) is 2.58. The van der Waals surface area contributed by atoms with Crippen LogP contribution in [0.1, 0.15) is 46.5 Å². The van der Waals surface area contributed by atoms with E-state index in [0.29, 0.717) is 5.04 Å². The Morgan fingerprint density at radius 2 is 1.60 bits per heavy atom. The summed E-state index contributed by atoms with van der Waals surface area (Å²) >= 11 is 0. The van der Waals surface area contributed by atoms with Gasteiger partial charge in [-0.2, -0.15) is 0 Å². The largest absolute Gasteiger partial charge is 0.416 e. The van der Waals surface area contributed by atoms with Crippen LogP contribution in [-0.4, -0.2) is 51.5 Å². The third kappa shape index (κ3) is 4.83. The van der Waals surface area contributed by atoms with Crippen molar-refractivity contribution in [3.63, 3.8) is 0 Å². The van der Waals surface area contributed by atoms with Gasteiger partial charge in [0.05, 0.1) is 0 Å². The number of likely N-dealkylation sites (tertiary alicyclic amines) is 1. The van der Waals surface area contributed by atoms with E-state index in [4.69, 9.17) is 4.43 Å². The van der Waals surface area contributed by atoms with E-state index in [2.05, 4.69) is 44.1 Å². The number of nitrogens with zero attached hydrogens (tertiary/aromatic N) is 1. The first-order valence-corrected chi connectivity index (χ1v) is 11.3. The maximum absolute atomic E-state index is 6.28. The van der Waals surface area contributed by atoms with Gasteiger partial charge in [0, 0.05) is 25.2 Å². The first kappa shape index (κ1) is 16.5. The second-order valence-electron chi connectivity index (χ2n) is 8.17. The van der Waals surface area contributed by atoms with Gasteiger partial charge in [-0.1, -0.05) is 20.8 Å². The number of piperidine rings is 1. The molecule has 4 heteroatoms. The van der Waals surface area contributed by atoms with E-state index in [1.807, 2.05) is 0 Å². The first-order valence-electron chi connectivity index (χ1n) is 8.40. The normalized spacial score (nSPS) is 23.2. The van der Waals surface area contributed by atoms with Crippen LogP contribution in [0.15, 0.2) is 0 Å². The Labute approximate surface area is 126 Å². The van der Waals surface area contributed by atoms with Gasteiger partial charge in [-0.05, 0) is 56.9 Å². The average Bonchev–Trinajstić information content (AvgIpc) is 3.14. The van der Waals surface area contributed by atoms with Crippen molar-refractivity contribution in [2.75, 3.05) is 26.2 Å². The predicted octanol–water partition coefficient (Wildman–Crippen LogP) is 3.22. The van der Waals surface area contributed by atoms with Gasteiger partial charge in [0.1, 0.15) is 0 Å². The van der Waals surface area contributed by atoms with Crippen molar-refractivity contribution in [2.45, 2.75) is 76.7 Å². The van der Waals surface area contributed by atoms with E-state index in [-0.39, 0.29) is 0 Å². The lowest BCUT2D eigenvalue weighted by atomic mass is 10.1. The van der Waals surface area contributed by atoms with Gasteiger partial charge >= 0.3 is 0 Å². The fraction of sp³-hybridized carbons (Fsp3) is 1.00. The average molecular weight is 299 g/mol. The zero-order valence-corrected chi connectivity index (χ0v) is 15.2. The molecule has 1 saturated carbocycles. The molecule has 20 heavy (non-hydrogen) atoms. The summed E-state index contributed by atoms with van der Waals surface area (Å²) < 4.78 is 6.28. The molecular formula is C16H34N2OSi. The molecule has 0 spiro atoms. The maximum atomic E-state index is 6.28. The number of hydrogen-bond acceptors (Lipinski definition) is 3. The summed E-state index contributed by atoms with van der Waals surface area (Å²) in [6, 6.07) is 1.63. The third-order valence-corrected chi connectivity index (χ3v) is 9.85. The van der Waals surface area contributed by atoms with Gasteiger partial charge < -0.3 is 14.6 Å². The lowest BCUT2D eigenvalue weighted by Gasteiger charge is -2.38. The lowest BCUT2D eigenvalue weighted by Crippen LogP contribution is -2.46. The van der Waals surface area contributed by atoms with Gasteiger partial charge in [0.15, 0.2) is 8.32 Å². The fourth-order valence-electron chi connectivity index (χ4n) is 2.55. The zero-order valence-electron chi connectivity index (χ0n) is 14.2. The summed E-state index contributed by atoms with van der Waals surface area (Å²) in [6.45, 7) is 16.1. The van der Waals surface area contributed by atoms with Crippen LogP contribution in [0.2, 0.25) is 18.1 Å². The fourth-order valence-corrected chi connectivity index (χ4v) is 3.59. The number of rotatable bonds is 6. The molecule has 0 aromatic heterocycles. The van der Waals surface area contributed by atoms with Crippen molar-refractivity contribution >= 4 is 8.32 Å². The molecule has 0 unspecified atom stereocenters. The third-order valence-electron chi connectivity index (χ3n) is 5.31. The molecule has 1 N–H and O–H groups in total. The molecule has 1 aliphatic heterocycles. The molecule has 1 heterocycles. The highest BCUT2D eigenvalue weighted by Crippen LogP contribution is 2.36. The Hall–Kier alpha value is 0.0969. The monoisotopic (exact) mass is 298 g/mol. The van der Waals surface area contributed by atoms with Crippen molar-refractivity contribution in [3.05, 3.63) is 0 Å². The van der Waals surface area contributed by atoms with Gasteiger partial charge in [-0.3, -0.25) is 0 Å². The quantitative estimate of drug-likeness (QED) is 0.762. The van der Waals surface area contributed by atoms with Gasteiger partial charge in [-0.25, -0.2) is 0 Å². The van der Waals surface area contributed by atoms with Crippen LogP contribution in [0, 0.1) is 0 Å². The number of nitrogens with one attached hydrogen (secondary N) is 1. The van der Waals surface area contributed by atoms with Gasteiger partial charge in [0.2, 0.25) is 0 Å². The molecule has 2 rings (SSSR count). The molecular weight excluding hydrogens is 264 g/mol. The van der Waals surface area contributed by atoms with E-state index < -0.39 is 8.32 Å². The van der Waals surface area contributed by atoms with Crippen molar-refractivity contribution < 1.29 is 4.43 Å². The first-order chi connectivity index (χ1) is 9.28. The Morgan fingerprint density at radius 3 is 2.10 bits per heavy atom. The lowest BCUT2D eigenvalue weighted by molar-refractivity contribution is 0.158. The summed E-state index contributed by atoms with van der Waals surface area (Å²) in [5, 5.41) is 4.09. The summed E-state index contributed by atoms with van der Waals surface area (Å²) in [7, 11) is -1.56. The minimum Gasteiger partial charge on any atom is -0.416 e. The van der Waals surface area contributed by atoms with Crippen molar-refractivity contribution in [2.24, 2.45) is 0 Å². The van der Waals surface area contributed by atoms with E-state index in [0.717, 1.165) is 25.2 Å². The molecule has 0 bridgehead atoms. The van der Waals surface area contributed by atoms with Crippen molar-refractivity contribution in [3.8, 4) is 0 Å². The number of hydrogen-bond donors (Lipinski definition) is 1. The Bertz CT molecular complexity index is 302. The predicted molar refractivity (Wildman–Crippen MR) is 88.8 cm³/mol. The second-order valence-corrected chi connectivity index (χ2v) is 13.0. The minimum atomic E-state index is -1.56. The van der Waals surface area contributed by atoms with Crippen LogP contribution >= 0.6 is 0 Å². The van der Waals surface area contributed by atoms with Crippen LogP contribution in [0.25, 0.3) is 0 Å². The van der Waals surface area contributed by atoms with E-state index in [1.54, 1.807) is 0 Å². The topological polar surface area (TPSA) is 24.5 Å². The Morgan fingerprint density at radius 1 is 1.05 bits per heavy atom. The molecule has 0 aromatic carbocycles. The van der Waals surface area contributed by atoms with Crippen molar-refractivity contribution in [1.29, 1.82) is 0 Å². The van der Waals surface area contributed by atoms with Gasteiger partial charge in [-0.15, -0.1) is 0 Å². The highest BCUT2D eigenvalue weighted by atomic mass is 28.4. The molecule has 0 radical (unpaired) electrons. The standard InChI is InChI=1S/C16H34N2OSi/c1-16(2,3)20(4,5)19-13-12-18-10-8-15(9-11-18)17-14-6-7-14/h14-15,17H,6-13H2,1-5H3. The molecule has 118 valence electrons. The van der Waals surface area contributed by atoms with E-state index in [1.165, 1.54) is 38.8 Å². The Balaban J connectivity index is 1.61. The molecule has 3 nitrogen and oxygen atoms in total. The van der Waals surface area contributed by atoms with Crippen LogP contribution < -0.4 is 5.32 Å². The molecule has 0 amide bonds. The molecule has 0 atom stereocenters. The second kappa shape index (κ2) is 6.47. The van der Waals surface area contributed by atoms with Crippen molar-refractivity contribution in [1.82, 2.24) is 10.2 Å². The van der Waals surface area contributed by atoms with Crippen LogP contribution in [0.5, 0.6) is 0 Å². The van der Waals surface area contributed by atoms with E-state index >= 15 is 0 Å². The molecule has 2 aliphatic rings. The maximum Gasteiger partial charge on any atom is 0.192 e. The van der Waals surface area contributed by atoms with Crippen LogP contribution in [0.4, 0.5) is 0 Å². The van der Waals surface area contributed by atoms with Gasteiger partial charge in [0.25, 0.3) is 0 Å². The summed E-state index contributed by atoms with van der Waals surface area (Å²) in [5.41, 5.74) is 0. The highest BCUT2D eigenvalue weighted by Gasteiger charge is 2.37. The smallest absolute Gasteiger partial charge is 0.192 e. The Kier molecular flexibility index (Phi) is 5.33. The molecule has 1 aliphatic carbocycles. The van der Waals surface area contributed by atoms with E-state index in [9.17, 15) is 0 Å². The highest BCUT2D eigenvalue weighted by molar-refractivity contribution is 6.74. The summed E-state index contributed by atoms with van der Waals surface area (Å²) in [5.74, 6) is 0. The SMILES string of the molecule is CC(C)(C)[Si](C)(C)OCCN1CCC(NC2CC2)CC1. The van der Waals surface area contributed by atoms with Crippen LogP contribution in [0.3, 0.4) is 0 Å². The summed E-state index contributed by atoms with van der Waals surface area (Å²) in [6.07, 6.45) is 5.44. The molecule has 2 fully saturated rings.